The van der Waals surface area contributed by atoms with Crippen molar-refractivity contribution in [1.82, 2.24) is 10.2 Å². The van der Waals surface area contributed by atoms with Crippen LogP contribution in [0.3, 0.4) is 0 Å². The summed E-state index contributed by atoms with van der Waals surface area (Å²) in [7, 11) is 0. The van der Waals surface area contributed by atoms with Crippen LogP contribution in [0.15, 0.2) is 18.2 Å². The Morgan fingerprint density at radius 1 is 1.15 bits per heavy atom. The Morgan fingerprint density at radius 2 is 1.85 bits per heavy atom. The van der Waals surface area contributed by atoms with Crippen molar-refractivity contribution in [3.63, 3.8) is 0 Å². The summed E-state index contributed by atoms with van der Waals surface area (Å²) in [4.78, 5) is 28.6. The zero-order valence-electron chi connectivity index (χ0n) is 16.0. The number of anilines is 1. The molecule has 144 valence electrons. The Bertz CT molecular complexity index is 726. The van der Waals surface area contributed by atoms with E-state index in [1.807, 2.05) is 0 Å². The van der Waals surface area contributed by atoms with Crippen LogP contribution in [0.5, 0.6) is 0 Å². The Morgan fingerprint density at radius 3 is 2.48 bits per heavy atom. The van der Waals surface area contributed by atoms with Crippen molar-refractivity contribution in [2.24, 2.45) is 0 Å². The van der Waals surface area contributed by atoms with Gasteiger partial charge in [0, 0.05) is 43.5 Å². The summed E-state index contributed by atoms with van der Waals surface area (Å²) in [6.45, 7) is 5.01. The van der Waals surface area contributed by atoms with E-state index in [0.29, 0.717) is 23.7 Å². The van der Waals surface area contributed by atoms with Gasteiger partial charge < -0.3 is 10.2 Å². The molecule has 0 bridgehead atoms. The lowest BCUT2D eigenvalue weighted by atomic mass is 9.95. The molecule has 0 radical (unpaired) electrons. The molecule has 2 fully saturated rings. The number of hydrogen-bond donors (Lipinski definition) is 1. The standard InChI is InChI=1S/C21H28N4O2/c1-16(26)19-8-7-17(14-22)13-20(19)25-11-9-24(10-12-25)15-21(27)23-18-5-3-2-4-6-18/h7-8,13,18H,2-6,9-12,15H2,1H3,(H,23,27). The molecule has 0 unspecified atom stereocenters. The summed E-state index contributed by atoms with van der Waals surface area (Å²) in [5.74, 6) is 0.120. The third-order valence-corrected chi connectivity index (χ3v) is 5.56. The van der Waals surface area contributed by atoms with E-state index in [-0.39, 0.29) is 11.7 Å². The maximum Gasteiger partial charge on any atom is 0.234 e. The van der Waals surface area contributed by atoms with Crippen LogP contribution < -0.4 is 10.2 Å². The number of Topliss-reactive ketones (excluding diaryl/α,β-unsaturated/α-hetero) is 1. The van der Waals surface area contributed by atoms with Crippen molar-refractivity contribution in [2.75, 3.05) is 37.6 Å². The Hall–Kier alpha value is -2.39. The highest BCUT2D eigenvalue weighted by molar-refractivity contribution is 6.00. The highest BCUT2D eigenvalue weighted by Gasteiger charge is 2.23. The SMILES string of the molecule is CC(=O)c1ccc(C#N)cc1N1CCN(CC(=O)NC2CCCCC2)CC1. The second-order valence-corrected chi connectivity index (χ2v) is 7.57. The van der Waals surface area contributed by atoms with Crippen LogP contribution in [-0.2, 0) is 4.79 Å². The lowest BCUT2D eigenvalue weighted by Gasteiger charge is -2.36. The van der Waals surface area contributed by atoms with Crippen molar-refractivity contribution in [2.45, 2.75) is 45.1 Å². The minimum Gasteiger partial charge on any atom is -0.368 e. The fraction of sp³-hybridized carbons (Fsp3) is 0.571. The van der Waals surface area contributed by atoms with Gasteiger partial charge >= 0.3 is 0 Å². The predicted octanol–water partition coefficient (Wildman–Crippen LogP) is 2.33. The number of benzene rings is 1. The molecule has 0 spiro atoms. The largest absolute Gasteiger partial charge is 0.368 e. The van der Waals surface area contributed by atoms with Crippen LogP contribution >= 0.6 is 0 Å². The molecule has 1 aliphatic carbocycles. The first kappa shape index (κ1) is 19.4. The lowest BCUT2D eigenvalue weighted by Crippen LogP contribution is -2.51. The highest BCUT2D eigenvalue weighted by Crippen LogP contribution is 2.24. The number of hydrogen-bond acceptors (Lipinski definition) is 5. The number of carbonyl (C=O) groups is 2. The van der Waals surface area contributed by atoms with E-state index in [9.17, 15) is 9.59 Å². The number of piperazine rings is 1. The van der Waals surface area contributed by atoms with Crippen LogP contribution in [0.25, 0.3) is 0 Å². The molecule has 1 saturated carbocycles. The van der Waals surface area contributed by atoms with Gasteiger partial charge in [0.25, 0.3) is 0 Å². The molecule has 2 aliphatic rings. The van der Waals surface area contributed by atoms with Crippen molar-refractivity contribution in [1.29, 1.82) is 5.26 Å². The summed E-state index contributed by atoms with van der Waals surface area (Å²) in [6.07, 6.45) is 5.91. The van der Waals surface area contributed by atoms with Gasteiger partial charge in [-0.05, 0) is 38.0 Å². The first-order valence-corrected chi connectivity index (χ1v) is 9.88. The first-order chi connectivity index (χ1) is 13.1. The molecule has 27 heavy (non-hydrogen) atoms. The minimum absolute atomic E-state index is 0.00350. The van der Waals surface area contributed by atoms with Gasteiger partial charge in [-0.15, -0.1) is 0 Å². The Kier molecular flexibility index (Phi) is 6.46. The van der Waals surface area contributed by atoms with Crippen LogP contribution in [0, 0.1) is 11.3 Å². The van der Waals surface area contributed by atoms with Gasteiger partial charge in [-0.2, -0.15) is 5.26 Å². The molecule has 1 saturated heterocycles. The minimum atomic E-state index is 0.00350. The molecule has 1 N–H and O–H groups in total. The normalized spacial score (nSPS) is 18.7. The van der Waals surface area contributed by atoms with Crippen LogP contribution in [-0.4, -0.2) is 55.4 Å². The Labute approximate surface area is 161 Å². The molecule has 6 nitrogen and oxygen atoms in total. The average Bonchev–Trinajstić information content (AvgIpc) is 2.68. The van der Waals surface area contributed by atoms with Crippen LogP contribution in [0.1, 0.15) is 54.9 Å². The maximum absolute atomic E-state index is 12.3. The van der Waals surface area contributed by atoms with Gasteiger partial charge in [0.15, 0.2) is 5.78 Å². The monoisotopic (exact) mass is 368 g/mol. The van der Waals surface area contributed by atoms with Crippen molar-refractivity contribution in [3.05, 3.63) is 29.3 Å². The topological polar surface area (TPSA) is 76.4 Å². The highest BCUT2D eigenvalue weighted by atomic mass is 16.2. The van der Waals surface area contributed by atoms with Gasteiger partial charge in [0.1, 0.15) is 0 Å². The zero-order valence-corrected chi connectivity index (χ0v) is 16.0. The first-order valence-electron chi connectivity index (χ1n) is 9.88. The molecule has 3 rings (SSSR count). The van der Waals surface area contributed by atoms with E-state index < -0.39 is 0 Å². The van der Waals surface area contributed by atoms with Gasteiger partial charge in [0.05, 0.1) is 18.2 Å². The van der Waals surface area contributed by atoms with E-state index in [2.05, 4.69) is 21.2 Å². The maximum atomic E-state index is 12.3. The van der Waals surface area contributed by atoms with Crippen molar-refractivity contribution < 1.29 is 9.59 Å². The van der Waals surface area contributed by atoms with Crippen LogP contribution in [0.4, 0.5) is 5.69 Å². The number of amides is 1. The molecule has 1 aromatic rings. The summed E-state index contributed by atoms with van der Waals surface area (Å²) in [5.41, 5.74) is 2.04. The number of nitriles is 1. The number of nitrogens with one attached hydrogen (secondary N) is 1. The van der Waals surface area contributed by atoms with Gasteiger partial charge in [0.2, 0.25) is 5.91 Å². The number of carbonyl (C=O) groups excluding carboxylic acids is 2. The summed E-state index contributed by atoms with van der Waals surface area (Å²) < 4.78 is 0. The molecule has 1 heterocycles. The van der Waals surface area contributed by atoms with Gasteiger partial charge in [-0.1, -0.05) is 19.3 Å². The number of rotatable bonds is 5. The Balaban J connectivity index is 1.55. The number of nitrogens with zero attached hydrogens (tertiary/aromatic N) is 3. The van der Waals surface area contributed by atoms with E-state index in [1.54, 1.807) is 25.1 Å². The predicted molar refractivity (Wildman–Crippen MR) is 105 cm³/mol. The van der Waals surface area contributed by atoms with Crippen molar-refractivity contribution >= 4 is 17.4 Å². The molecule has 0 aromatic heterocycles. The lowest BCUT2D eigenvalue weighted by molar-refractivity contribution is -0.123. The zero-order chi connectivity index (χ0) is 19.2. The molecule has 1 aliphatic heterocycles. The fourth-order valence-electron chi connectivity index (χ4n) is 4.03. The molecule has 1 aromatic carbocycles. The molecular weight excluding hydrogens is 340 g/mol. The molecular formula is C21H28N4O2. The third kappa shape index (κ3) is 5.08. The molecule has 0 atom stereocenters. The second kappa shape index (κ2) is 9.01. The third-order valence-electron chi connectivity index (χ3n) is 5.56. The smallest absolute Gasteiger partial charge is 0.234 e. The quantitative estimate of drug-likeness (QED) is 0.807. The van der Waals surface area contributed by atoms with E-state index >= 15 is 0 Å². The average molecular weight is 368 g/mol. The molecule has 1 amide bonds. The molecule has 6 heteroatoms. The fourth-order valence-corrected chi connectivity index (χ4v) is 4.03. The van der Waals surface area contributed by atoms with E-state index in [4.69, 9.17) is 5.26 Å². The number of ketones is 1. The van der Waals surface area contributed by atoms with Gasteiger partial charge in [-0.3, -0.25) is 14.5 Å². The summed E-state index contributed by atoms with van der Waals surface area (Å²) in [6, 6.07) is 7.71. The summed E-state index contributed by atoms with van der Waals surface area (Å²) in [5, 5.41) is 12.3. The second-order valence-electron chi connectivity index (χ2n) is 7.57. The van der Waals surface area contributed by atoms with Crippen molar-refractivity contribution in [3.8, 4) is 6.07 Å². The van der Waals surface area contributed by atoms with Gasteiger partial charge in [-0.25, -0.2) is 0 Å². The van der Waals surface area contributed by atoms with E-state index in [0.717, 1.165) is 44.7 Å². The van der Waals surface area contributed by atoms with E-state index in [1.165, 1.54) is 19.3 Å². The summed E-state index contributed by atoms with van der Waals surface area (Å²) >= 11 is 0. The van der Waals surface area contributed by atoms with Crippen LogP contribution in [0.2, 0.25) is 0 Å².